The molecule has 9 nitrogen and oxygen atoms in total. The monoisotopic (exact) mass is 453 g/mol. The molecule has 0 saturated heterocycles. The van der Waals surface area contributed by atoms with Crippen LogP contribution in [0.4, 0.5) is 13.2 Å². The van der Waals surface area contributed by atoms with Gasteiger partial charge in [0.25, 0.3) is 5.91 Å². The minimum atomic E-state index is -5.08. The summed E-state index contributed by atoms with van der Waals surface area (Å²) in [6.07, 6.45) is 0.621. The van der Waals surface area contributed by atoms with Crippen molar-refractivity contribution in [3.63, 3.8) is 0 Å². The topological polar surface area (TPSA) is 113 Å². The van der Waals surface area contributed by atoms with Gasteiger partial charge in [-0.2, -0.15) is 13.2 Å². The molecule has 0 saturated carbocycles. The van der Waals surface area contributed by atoms with Gasteiger partial charge in [-0.1, -0.05) is 0 Å². The van der Waals surface area contributed by atoms with Crippen molar-refractivity contribution in [3.8, 4) is 0 Å². The van der Waals surface area contributed by atoms with E-state index >= 15 is 0 Å². The van der Waals surface area contributed by atoms with Crippen molar-refractivity contribution in [3.05, 3.63) is 58.3 Å². The molecule has 3 aromatic rings. The molecule has 12 heteroatoms. The summed E-state index contributed by atoms with van der Waals surface area (Å²) >= 11 is 0. The number of carboxylic acids is 1. The van der Waals surface area contributed by atoms with Crippen molar-refractivity contribution in [2.24, 2.45) is 5.92 Å². The Labute approximate surface area is 180 Å². The zero-order valence-corrected chi connectivity index (χ0v) is 17.4. The number of carboxylic acid groups (broad SMARTS) is 1. The molecule has 1 aliphatic heterocycles. The maximum Gasteiger partial charge on any atom is 0.490 e. The van der Waals surface area contributed by atoms with Crippen LogP contribution < -0.4 is 5.69 Å². The highest BCUT2D eigenvalue weighted by Gasteiger charge is 2.38. The van der Waals surface area contributed by atoms with E-state index in [2.05, 4.69) is 20.7 Å². The van der Waals surface area contributed by atoms with E-state index in [1.54, 1.807) is 30.3 Å². The number of hydrogen-bond donors (Lipinski definition) is 2. The van der Waals surface area contributed by atoms with Crippen molar-refractivity contribution in [1.29, 1.82) is 0 Å². The second-order valence-corrected chi connectivity index (χ2v) is 7.64. The molecular weight excluding hydrogens is 431 g/mol. The number of aromatic nitrogens is 4. The van der Waals surface area contributed by atoms with Gasteiger partial charge < -0.3 is 19.6 Å². The van der Waals surface area contributed by atoms with Gasteiger partial charge in [0.2, 0.25) is 0 Å². The lowest BCUT2D eigenvalue weighted by atomic mass is 9.99. The van der Waals surface area contributed by atoms with E-state index in [4.69, 9.17) is 9.90 Å². The van der Waals surface area contributed by atoms with Gasteiger partial charge in [-0.15, -0.1) is 0 Å². The van der Waals surface area contributed by atoms with E-state index in [9.17, 15) is 22.8 Å². The Morgan fingerprint density at radius 1 is 1.38 bits per heavy atom. The Morgan fingerprint density at radius 2 is 2.06 bits per heavy atom. The van der Waals surface area contributed by atoms with Crippen LogP contribution in [-0.2, 0) is 17.8 Å². The summed E-state index contributed by atoms with van der Waals surface area (Å²) < 4.78 is 35.4. The SMILES string of the molecule is Cc1cn2c(n1)CCC(CN(C)C(=O)c1cc3cccn3c(=O)[nH]1)C2.O=C(O)C(F)(F)F. The number of fused-ring (bicyclic) bond motifs is 2. The second kappa shape index (κ2) is 8.89. The summed E-state index contributed by atoms with van der Waals surface area (Å²) in [6, 6.07) is 5.32. The number of imidazole rings is 1. The molecule has 0 spiro atoms. The molecule has 3 aromatic heterocycles. The molecule has 0 radical (unpaired) electrons. The average Bonchev–Trinajstić information content (AvgIpc) is 3.32. The van der Waals surface area contributed by atoms with E-state index in [0.29, 0.717) is 18.2 Å². The molecule has 1 amide bonds. The number of nitrogens with zero attached hydrogens (tertiary/aromatic N) is 4. The predicted octanol–water partition coefficient (Wildman–Crippen LogP) is 2.10. The van der Waals surface area contributed by atoms with Crippen LogP contribution in [0.15, 0.2) is 35.4 Å². The molecule has 2 N–H and O–H groups in total. The number of alkyl halides is 3. The largest absolute Gasteiger partial charge is 0.490 e. The van der Waals surface area contributed by atoms with Gasteiger partial charge in [0.15, 0.2) is 0 Å². The normalized spacial score (nSPS) is 15.6. The quantitative estimate of drug-likeness (QED) is 0.631. The van der Waals surface area contributed by atoms with E-state index in [0.717, 1.165) is 36.4 Å². The van der Waals surface area contributed by atoms with Crippen LogP contribution in [-0.4, -0.2) is 60.6 Å². The maximum absolute atomic E-state index is 12.7. The minimum Gasteiger partial charge on any atom is -0.475 e. The first-order valence-corrected chi connectivity index (χ1v) is 9.74. The van der Waals surface area contributed by atoms with Crippen molar-refractivity contribution >= 4 is 17.4 Å². The standard InChI is InChI=1S/C18H21N5O2.C2HF3O2/c1-12-9-22-11-13(5-6-16(22)19-12)10-21(2)17(24)15-8-14-4-3-7-23(14)18(25)20-15;3-2(4,5)1(6)7/h3-4,7-9,13H,5-6,10-11H2,1-2H3,(H,20,25);(H,6,7). The third kappa shape index (κ3) is 5.18. The van der Waals surface area contributed by atoms with Crippen LogP contribution >= 0.6 is 0 Å². The van der Waals surface area contributed by atoms with Crippen molar-refractivity contribution in [2.45, 2.75) is 32.5 Å². The van der Waals surface area contributed by atoms with Crippen molar-refractivity contribution in [2.75, 3.05) is 13.6 Å². The lowest BCUT2D eigenvalue weighted by Crippen LogP contribution is -2.36. The molecule has 1 aliphatic rings. The molecule has 1 unspecified atom stereocenters. The number of amides is 1. The number of H-pyrrole nitrogens is 1. The molecule has 0 aliphatic carbocycles. The van der Waals surface area contributed by atoms with Gasteiger partial charge in [0.05, 0.1) is 11.2 Å². The summed E-state index contributed by atoms with van der Waals surface area (Å²) in [6.45, 7) is 3.54. The van der Waals surface area contributed by atoms with Gasteiger partial charge in [-0.05, 0) is 37.5 Å². The summed E-state index contributed by atoms with van der Waals surface area (Å²) in [5.74, 6) is -1.40. The third-order valence-electron chi connectivity index (χ3n) is 5.10. The van der Waals surface area contributed by atoms with E-state index in [1.165, 1.54) is 4.40 Å². The van der Waals surface area contributed by atoms with Gasteiger partial charge in [0, 0.05) is 39.0 Å². The van der Waals surface area contributed by atoms with E-state index in [1.807, 2.05) is 13.0 Å². The molecule has 172 valence electrons. The number of aliphatic carboxylic acids is 1. The molecule has 1 atom stereocenters. The van der Waals surface area contributed by atoms with Crippen LogP contribution in [0.25, 0.3) is 5.52 Å². The Morgan fingerprint density at radius 3 is 2.72 bits per heavy atom. The smallest absolute Gasteiger partial charge is 0.475 e. The third-order valence-corrected chi connectivity index (χ3v) is 5.10. The first kappa shape index (κ1) is 23.1. The predicted molar refractivity (Wildman–Crippen MR) is 107 cm³/mol. The fourth-order valence-corrected chi connectivity index (χ4v) is 3.65. The Kier molecular flexibility index (Phi) is 6.42. The fraction of sp³-hybridized carbons (Fsp3) is 0.400. The zero-order chi connectivity index (χ0) is 23.6. The Balaban J connectivity index is 0.000000360. The molecule has 0 aromatic carbocycles. The highest BCUT2D eigenvalue weighted by atomic mass is 19.4. The van der Waals surface area contributed by atoms with E-state index < -0.39 is 12.1 Å². The van der Waals surface area contributed by atoms with Crippen LogP contribution in [0.5, 0.6) is 0 Å². The molecule has 0 fully saturated rings. The number of nitrogens with one attached hydrogen (secondary N) is 1. The molecular formula is C20H22F3N5O4. The van der Waals surface area contributed by atoms with Crippen molar-refractivity contribution in [1.82, 2.24) is 23.8 Å². The number of rotatable bonds is 3. The minimum absolute atomic E-state index is 0.159. The summed E-state index contributed by atoms with van der Waals surface area (Å²) in [5, 5.41) is 7.12. The summed E-state index contributed by atoms with van der Waals surface area (Å²) in [5.41, 5.74) is 1.79. The number of carbonyl (C=O) groups excluding carboxylic acids is 1. The van der Waals surface area contributed by atoms with Crippen LogP contribution in [0.1, 0.15) is 28.4 Å². The molecule has 4 heterocycles. The first-order chi connectivity index (χ1) is 15.0. The highest BCUT2D eigenvalue weighted by molar-refractivity contribution is 5.93. The number of carbonyl (C=O) groups is 2. The lowest BCUT2D eigenvalue weighted by molar-refractivity contribution is -0.192. The van der Waals surface area contributed by atoms with Crippen LogP contribution in [0.3, 0.4) is 0 Å². The average molecular weight is 453 g/mol. The van der Waals surface area contributed by atoms with Crippen LogP contribution in [0, 0.1) is 12.8 Å². The number of aromatic amines is 1. The Bertz CT molecular complexity index is 1190. The number of halogens is 3. The molecule has 32 heavy (non-hydrogen) atoms. The van der Waals surface area contributed by atoms with Gasteiger partial charge in [0.1, 0.15) is 11.5 Å². The van der Waals surface area contributed by atoms with Crippen LogP contribution in [0.2, 0.25) is 0 Å². The second-order valence-electron chi connectivity index (χ2n) is 7.64. The van der Waals surface area contributed by atoms with Gasteiger partial charge in [-0.25, -0.2) is 14.6 Å². The van der Waals surface area contributed by atoms with E-state index in [-0.39, 0.29) is 11.6 Å². The zero-order valence-electron chi connectivity index (χ0n) is 17.4. The summed E-state index contributed by atoms with van der Waals surface area (Å²) in [7, 11) is 1.79. The van der Waals surface area contributed by atoms with Gasteiger partial charge in [-0.3, -0.25) is 9.20 Å². The summed E-state index contributed by atoms with van der Waals surface area (Å²) in [4.78, 5) is 42.5. The first-order valence-electron chi connectivity index (χ1n) is 9.74. The highest BCUT2D eigenvalue weighted by Crippen LogP contribution is 2.21. The maximum atomic E-state index is 12.7. The fourth-order valence-electron chi connectivity index (χ4n) is 3.65. The Hall–Kier alpha value is -3.57. The molecule has 4 rings (SSSR count). The van der Waals surface area contributed by atoms with Gasteiger partial charge >= 0.3 is 17.8 Å². The van der Waals surface area contributed by atoms with Crippen molar-refractivity contribution < 1.29 is 27.9 Å². The lowest BCUT2D eigenvalue weighted by Gasteiger charge is -2.28. The number of hydrogen-bond acceptors (Lipinski definition) is 4. The molecule has 0 bridgehead atoms. The number of aryl methyl sites for hydroxylation is 2.